The van der Waals surface area contributed by atoms with E-state index in [0.717, 1.165) is 5.56 Å². The molecule has 0 aliphatic carbocycles. The average Bonchev–Trinajstić information content (AvgIpc) is 2.58. The third-order valence-corrected chi connectivity index (χ3v) is 3.94. The molecule has 0 radical (unpaired) electrons. The molecule has 1 aromatic carbocycles. The molecule has 7 heteroatoms. The van der Waals surface area contributed by atoms with Gasteiger partial charge in [-0.05, 0) is 30.9 Å². The molecule has 1 saturated heterocycles. The minimum absolute atomic E-state index is 0.129. The Labute approximate surface area is 138 Å². The molecule has 1 aliphatic rings. The van der Waals surface area contributed by atoms with Crippen LogP contribution in [0, 0.1) is 17.8 Å². The van der Waals surface area contributed by atoms with Crippen LogP contribution in [0.5, 0.6) is 0 Å². The van der Waals surface area contributed by atoms with Gasteiger partial charge < -0.3 is 15.3 Å². The lowest BCUT2D eigenvalue weighted by Gasteiger charge is -2.34. The van der Waals surface area contributed by atoms with E-state index in [0.29, 0.717) is 0 Å². The summed E-state index contributed by atoms with van der Waals surface area (Å²) in [4.78, 5) is 13.4. The summed E-state index contributed by atoms with van der Waals surface area (Å²) >= 11 is 0. The van der Waals surface area contributed by atoms with Crippen LogP contribution < -0.4 is 5.32 Å². The first-order valence-electron chi connectivity index (χ1n) is 7.69. The van der Waals surface area contributed by atoms with Gasteiger partial charge in [-0.15, -0.1) is 0 Å². The van der Waals surface area contributed by atoms with Gasteiger partial charge in [0.25, 0.3) is 0 Å². The standard InChI is InChI=1S/C17H19F3N2O2/c18-17(19,20)15(23)14-8-11-22(12-9-14)16(24)21-10-4-7-13-5-2-1-3-6-13/h1-3,5-6,14-15,23H,8-12H2,(H,21,24)/t15-/m1/s1. The minimum Gasteiger partial charge on any atom is -0.383 e. The smallest absolute Gasteiger partial charge is 0.383 e. The van der Waals surface area contributed by atoms with Gasteiger partial charge in [0.15, 0.2) is 6.10 Å². The van der Waals surface area contributed by atoms with Gasteiger partial charge in [0.1, 0.15) is 0 Å². The summed E-state index contributed by atoms with van der Waals surface area (Å²) in [7, 11) is 0. The molecule has 0 aromatic heterocycles. The van der Waals surface area contributed by atoms with E-state index in [1.54, 1.807) is 0 Å². The summed E-state index contributed by atoms with van der Waals surface area (Å²) in [6.07, 6.45) is -6.67. The molecule has 1 heterocycles. The van der Waals surface area contributed by atoms with Crippen molar-refractivity contribution in [3.8, 4) is 11.8 Å². The molecular weight excluding hydrogens is 321 g/mol. The maximum Gasteiger partial charge on any atom is 0.414 e. The zero-order valence-corrected chi connectivity index (χ0v) is 13.0. The third kappa shape index (κ3) is 5.17. The lowest BCUT2D eigenvalue weighted by Crippen LogP contribution is -2.48. The number of carbonyl (C=O) groups is 1. The molecule has 1 fully saturated rings. The largest absolute Gasteiger partial charge is 0.414 e. The third-order valence-electron chi connectivity index (χ3n) is 3.94. The lowest BCUT2D eigenvalue weighted by molar-refractivity contribution is -0.222. The summed E-state index contributed by atoms with van der Waals surface area (Å²) in [6.45, 7) is 0.546. The second-order valence-electron chi connectivity index (χ2n) is 5.64. The number of piperidine rings is 1. The molecule has 0 unspecified atom stereocenters. The van der Waals surface area contributed by atoms with Crippen LogP contribution in [0.4, 0.5) is 18.0 Å². The number of nitrogens with one attached hydrogen (secondary N) is 1. The quantitative estimate of drug-likeness (QED) is 0.812. The first kappa shape index (κ1) is 18.1. The van der Waals surface area contributed by atoms with Crippen LogP contribution >= 0.6 is 0 Å². The van der Waals surface area contributed by atoms with Crippen LogP contribution in [0.3, 0.4) is 0 Å². The number of benzene rings is 1. The summed E-state index contributed by atoms with van der Waals surface area (Å²) in [5.74, 6) is 4.87. The van der Waals surface area contributed by atoms with E-state index in [1.165, 1.54) is 4.90 Å². The molecule has 2 N–H and O–H groups in total. The Bertz CT molecular complexity index is 600. The molecule has 1 atom stereocenters. The highest BCUT2D eigenvalue weighted by atomic mass is 19.4. The monoisotopic (exact) mass is 340 g/mol. The molecule has 2 amide bonds. The number of urea groups is 1. The number of carbonyl (C=O) groups excluding carboxylic acids is 1. The van der Waals surface area contributed by atoms with Crippen molar-refractivity contribution in [1.29, 1.82) is 0 Å². The number of hydrogen-bond donors (Lipinski definition) is 2. The van der Waals surface area contributed by atoms with Crippen LogP contribution in [0.2, 0.25) is 0 Å². The first-order chi connectivity index (χ1) is 11.4. The van der Waals surface area contributed by atoms with Gasteiger partial charge in [0.2, 0.25) is 0 Å². The predicted molar refractivity (Wildman–Crippen MR) is 83.1 cm³/mol. The molecule has 0 saturated carbocycles. The lowest BCUT2D eigenvalue weighted by atomic mass is 9.91. The van der Waals surface area contributed by atoms with Crippen molar-refractivity contribution in [3.05, 3.63) is 35.9 Å². The highest BCUT2D eigenvalue weighted by Gasteiger charge is 2.44. The summed E-state index contributed by atoms with van der Waals surface area (Å²) < 4.78 is 37.4. The molecule has 4 nitrogen and oxygen atoms in total. The number of halogens is 3. The van der Waals surface area contributed by atoms with Crippen molar-refractivity contribution >= 4 is 6.03 Å². The summed E-state index contributed by atoms with van der Waals surface area (Å²) in [5.41, 5.74) is 0.841. The van der Waals surface area contributed by atoms with Gasteiger partial charge in [-0.1, -0.05) is 30.0 Å². The second-order valence-corrected chi connectivity index (χ2v) is 5.64. The van der Waals surface area contributed by atoms with Crippen molar-refractivity contribution in [1.82, 2.24) is 10.2 Å². The van der Waals surface area contributed by atoms with Crippen LogP contribution in [-0.4, -0.2) is 48.0 Å². The molecular formula is C17H19F3N2O2. The molecule has 24 heavy (non-hydrogen) atoms. The van der Waals surface area contributed by atoms with Crippen molar-refractivity contribution < 1.29 is 23.1 Å². The van der Waals surface area contributed by atoms with Crippen molar-refractivity contribution in [2.75, 3.05) is 19.6 Å². The maximum atomic E-state index is 12.5. The Kier molecular flexibility index (Phi) is 6.10. The van der Waals surface area contributed by atoms with E-state index in [9.17, 15) is 23.1 Å². The molecule has 1 aromatic rings. The van der Waals surface area contributed by atoms with E-state index >= 15 is 0 Å². The Morgan fingerprint density at radius 3 is 2.50 bits per heavy atom. The van der Waals surface area contributed by atoms with E-state index in [2.05, 4.69) is 17.2 Å². The zero-order valence-electron chi connectivity index (χ0n) is 13.0. The second kappa shape index (κ2) is 8.06. The zero-order chi connectivity index (χ0) is 17.6. The molecule has 0 spiro atoms. The van der Waals surface area contributed by atoms with Gasteiger partial charge in [0.05, 0.1) is 6.54 Å². The number of likely N-dealkylation sites (tertiary alicyclic amines) is 1. The normalized spacial score (nSPS) is 16.9. The highest BCUT2D eigenvalue weighted by molar-refractivity contribution is 5.74. The SMILES string of the molecule is O=C(NCC#Cc1ccccc1)N1CCC([C@@H](O)C(F)(F)F)CC1. The fraction of sp³-hybridized carbons (Fsp3) is 0.471. The molecule has 130 valence electrons. The van der Waals surface area contributed by atoms with Crippen LogP contribution in [0.25, 0.3) is 0 Å². The number of rotatable bonds is 2. The van der Waals surface area contributed by atoms with Crippen molar-refractivity contribution in [3.63, 3.8) is 0 Å². The Hall–Kier alpha value is -2.20. The number of aliphatic hydroxyl groups excluding tert-OH is 1. The highest BCUT2D eigenvalue weighted by Crippen LogP contribution is 2.31. The van der Waals surface area contributed by atoms with E-state index in [1.807, 2.05) is 30.3 Å². The van der Waals surface area contributed by atoms with E-state index < -0.39 is 18.2 Å². The van der Waals surface area contributed by atoms with Crippen molar-refractivity contribution in [2.45, 2.75) is 25.1 Å². The molecule has 2 rings (SSSR count). The van der Waals surface area contributed by atoms with Gasteiger partial charge >= 0.3 is 12.2 Å². The maximum absolute atomic E-state index is 12.5. The van der Waals surface area contributed by atoms with Gasteiger partial charge in [-0.2, -0.15) is 13.2 Å². The van der Waals surface area contributed by atoms with Crippen molar-refractivity contribution in [2.24, 2.45) is 5.92 Å². The van der Waals surface area contributed by atoms with Gasteiger partial charge in [-0.25, -0.2) is 4.79 Å². The minimum atomic E-state index is -4.61. The average molecular weight is 340 g/mol. The van der Waals surface area contributed by atoms with E-state index in [4.69, 9.17) is 0 Å². The van der Waals surface area contributed by atoms with Gasteiger partial charge in [0, 0.05) is 18.7 Å². The summed E-state index contributed by atoms with van der Waals surface area (Å²) in [6, 6.07) is 8.96. The first-order valence-corrected chi connectivity index (χ1v) is 7.69. The Morgan fingerprint density at radius 2 is 1.92 bits per heavy atom. The van der Waals surface area contributed by atoms with Crippen LogP contribution in [0.1, 0.15) is 18.4 Å². The van der Waals surface area contributed by atoms with Crippen LogP contribution in [-0.2, 0) is 0 Å². The number of aliphatic hydroxyl groups is 1. The molecule has 0 bridgehead atoms. The molecule has 1 aliphatic heterocycles. The number of nitrogens with zero attached hydrogens (tertiary/aromatic N) is 1. The fourth-order valence-electron chi connectivity index (χ4n) is 2.58. The van der Waals surface area contributed by atoms with E-state index in [-0.39, 0.29) is 38.5 Å². The Morgan fingerprint density at radius 1 is 1.29 bits per heavy atom. The van der Waals surface area contributed by atoms with Gasteiger partial charge in [-0.3, -0.25) is 0 Å². The topological polar surface area (TPSA) is 52.6 Å². The number of alkyl halides is 3. The predicted octanol–water partition coefficient (Wildman–Crippen LogP) is 2.38. The van der Waals surface area contributed by atoms with Crippen LogP contribution in [0.15, 0.2) is 30.3 Å². The summed E-state index contributed by atoms with van der Waals surface area (Å²) in [5, 5.41) is 11.9. The number of hydrogen-bond acceptors (Lipinski definition) is 2. The Balaban J connectivity index is 1.74. The number of amides is 2. The fourth-order valence-corrected chi connectivity index (χ4v) is 2.58.